The summed E-state index contributed by atoms with van der Waals surface area (Å²) in [6.07, 6.45) is 3.18. The summed E-state index contributed by atoms with van der Waals surface area (Å²) in [5.41, 5.74) is 4.88. The summed E-state index contributed by atoms with van der Waals surface area (Å²) in [7, 11) is 0. The molecule has 1 aliphatic carbocycles. The van der Waals surface area contributed by atoms with E-state index in [-0.39, 0.29) is 0 Å². The molecule has 0 bridgehead atoms. The summed E-state index contributed by atoms with van der Waals surface area (Å²) in [6.45, 7) is 4.31. The zero-order valence-electron chi connectivity index (χ0n) is 8.63. The highest BCUT2D eigenvalue weighted by atomic mass is 32.2. The molecular formula is C11H15NOS. The number of allylic oxidation sites excluding steroid dienone is 4. The first-order chi connectivity index (χ1) is 6.74. The lowest BCUT2D eigenvalue weighted by atomic mass is 9.89. The highest BCUT2D eigenvalue weighted by molar-refractivity contribution is 8.03. The fourth-order valence-electron chi connectivity index (χ4n) is 2.05. The van der Waals surface area contributed by atoms with Crippen LogP contribution in [0.4, 0.5) is 0 Å². The van der Waals surface area contributed by atoms with Crippen LogP contribution in [0.25, 0.3) is 0 Å². The predicted octanol–water partition coefficient (Wildman–Crippen LogP) is 3.34. The van der Waals surface area contributed by atoms with Gasteiger partial charge in [0.1, 0.15) is 0 Å². The molecule has 0 aromatic heterocycles. The molecule has 1 aliphatic heterocycles. The van der Waals surface area contributed by atoms with Gasteiger partial charge in [0.15, 0.2) is 0 Å². The Bertz CT molecular complexity index is 352. The van der Waals surface area contributed by atoms with E-state index in [1.165, 1.54) is 21.6 Å². The van der Waals surface area contributed by atoms with Gasteiger partial charge in [-0.15, -0.1) is 11.8 Å². The third-order valence-electron chi connectivity index (χ3n) is 3.05. The Balaban J connectivity index is 2.49. The Hall–Kier alpha value is -0.700. The molecule has 1 heterocycles. The van der Waals surface area contributed by atoms with Gasteiger partial charge in [-0.25, -0.2) is 0 Å². The molecule has 1 N–H and O–H groups in total. The van der Waals surface area contributed by atoms with E-state index in [0.29, 0.717) is 0 Å². The number of oxime groups is 1. The normalized spacial score (nSPS) is 25.7. The monoisotopic (exact) mass is 209 g/mol. The van der Waals surface area contributed by atoms with Gasteiger partial charge in [0.05, 0.1) is 5.71 Å². The first-order valence-corrected chi connectivity index (χ1v) is 5.96. The molecule has 0 aromatic carbocycles. The molecule has 0 unspecified atom stereocenters. The number of rotatable bonds is 0. The van der Waals surface area contributed by atoms with Crippen LogP contribution in [0.5, 0.6) is 0 Å². The fraction of sp³-hybridized carbons (Fsp3) is 0.545. The minimum atomic E-state index is 0.885. The molecular weight excluding hydrogens is 194 g/mol. The number of hydrogen-bond acceptors (Lipinski definition) is 3. The van der Waals surface area contributed by atoms with Crippen LogP contribution in [-0.2, 0) is 0 Å². The van der Waals surface area contributed by atoms with Crippen molar-refractivity contribution in [2.75, 3.05) is 5.75 Å². The largest absolute Gasteiger partial charge is 0.411 e. The smallest absolute Gasteiger partial charge is 0.0886 e. The van der Waals surface area contributed by atoms with Gasteiger partial charge in [0, 0.05) is 17.7 Å². The lowest BCUT2D eigenvalue weighted by Gasteiger charge is -2.26. The molecule has 0 radical (unpaired) electrons. The molecule has 0 spiro atoms. The summed E-state index contributed by atoms with van der Waals surface area (Å²) >= 11 is 1.93. The molecule has 0 saturated heterocycles. The minimum Gasteiger partial charge on any atom is -0.411 e. The van der Waals surface area contributed by atoms with Crippen LogP contribution in [-0.4, -0.2) is 16.7 Å². The van der Waals surface area contributed by atoms with Crippen LogP contribution >= 0.6 is 11.8 Å². The molecule has 0 atom stereocenters. The second-order valence-corrected chi connectivity index (χ2v) is 5.04. The summed E-state index contributed by atoms with van der Waals surface area (Å²) < 4.78 is 0. The van der Waals surface area contributed by atoms with E-state index in [1.807, 2.05) is 11.8 Å². The zero-order valence-corrected chi connectivity index (χ0v) is 9.45. The second-order valence-electron chi connectivity index (χ2n) is 3.85. The molecule has 0 saturated carbocycles. The van der Waals surface area contributed by atoms with Crippen molar-refractivity contribution in [2.45, 2.75) is 33.1 Å². The Kier molecular flexibility index (Phi) is 2.68. The van der Waals surface area contributed by atoms with Gasteiger partial charge in [0.2, 0.25) is 0 Å². The van der Waals surface area contributed by atoms with Crippen molar-refractivity contribution in [2.24, 2.45) is 5.16 Å². The first-order valence-electron chi connectivity index (χ1n) is 4.98. The molecule has 76 valence electrons. The molecule has 14 heavy (non-hydrogen) atoms. The molecule has 2 rings (SSSR count). The van der Waals surface area contributed by atoms with Crippen molar-refractivity contribution in [3.05, 3.63) is 21.6 Å². The summed E-state index contributed by atoms with van der Waals surface area (Å²) in [6, 6.07) is 0. The molecule has 0 amide bonds. The van der Waals surface area contributed by atoms with Crippen molar-refractivity contribution >= 4 is 17.5 Å². The molecule has 0 fully saturated rings. The topological polar surface area (TPSA) is 32.6 Å². The lowest BCUT2D eigenvalue weighted by Crippen LogP contribution is -2.16. The highest BCUT2D eigenvalue weighted by Crippen LogP contribution is 2.40. The van der Waals surface area contributed by atoms with Crippen molar-refractivity contribution in [1.29, 1.82) is 0 Å². The van der Waals surface area contributed by atoms with E-state index in [2.05, 4.69) is 19.0 Å². The summed E-state index contributed by atoms with van der Waals surface area (Å²) in [5, 5.41) is 12.4. The summed E-state index contributed by atoms with van der Waals surface area (Å²) in [5.74, 6) is 1.06. The van der Waals surface area contributed by atoms with E-state index >= 15 is 0 Å². The summed E-state index contributed by atoms with van der Waals surface area (Å²) in [4.78, 5) is 1.42. The molecule has 0 aromatic rings. The quantitative estimate of drug-likeness (QED) is 0.490. The van der Waals surface area contributed by atoms with Gasteiger partial charge in [0.25, 0.3) is 0 Å². The van der Waals surface area contributed by atoms with Crippen LogP contribution in [0.1, 0.15) is 33.1 Å². The fourth-order valence-corrected chi connectivity index (χ4v) is 3.26. The number of hydrogen-bond donors (Lipinski definition) is 1. The first kappa shape index (κ1) is 9.84. The Labute approximate surface area is 88.8 Å². The van der Waals surface area contributed by atoms with E-state index < -0.39 is 0 Å². The van der Waals surface area contributed by atoms with Gasteiger partial charge in [-0.3, -0.25) is 0 Å². The molecule has 2 nitrogen and oxygen atoms in total. The Morgan fingerprint density at radius 3 is 2.71 bits per heavy atom. The predicted molar refractivity (Wildman–Crippen MR) is 60.9 cm³/mol. The average Bonchev–Trinajstić information content (AvgIpc) is 2.23. The maximum atomic E-state index is 8.96. The lowest BCUT2D eigenvalue weighted by molar-refractivity contribution is 0.318. The van der Waals surface area contributed by atoms with Gasteiger partial charge < -0.3 is 5.21 Å². The maximum absolute atomic E-state index is 8.96. The van der Waals surface area contributed by atoms with Crippen molar-refractivity contribution in [1.82, 2.24) is 0 Å². The van der Waals surface area contributed by atoms with E-state index in [4.69, 9.17) is 5.21 Å². The third kappa shape index (κ3) is 1.50. The molecule has 3 heteroatoms. The average molecular weight is 209 g/mol. The third-order valence-corrected chi connectivity index (χ3v) is 4.21. The van der Waals surface area contributed by atoms with Gasteiger partial charge in [-0.2, -0.15) is 0 Å². The van der Waals surface area contributed by atoms with Crippen molar-refractivity contribution in [3.63, 3.8) is 0 Å². The number of nitrogens with zero attached hydrogens (tertiary/aromatic N) is 1. The van der Waals surface area contributed by atoms with Crippen molar-refractivity contribution < 1.29 is 5.21 Å². The van der Waals surface area contributed by atoms with Crippen LogP contribution in [0, 0.1) is 0 Å². The maximum Gasteiger partial charge on any atom is 0.0886 e. The molecule has 2 aliphatic rings. The van der Waals surface area contributed by atoms with Crippen LogP contribution in [0.3, 0.4) is 0 Å². The van der Waals surface area contributed by atoms with Gasteiger partial charge >= 0.3 is 0 Å². The minimum absolute atomic E-state index is 0.885. The SMILES string of the molecule is CC1=C(C)C2=C(CC1)SCC/C2=N\O. The van der Waals surface area contributed by atoms with E-state index in [1.54, 1.807) is 0 Å². The van der Waals surface area contributed by atoms with Crippen molar-refractivity contribution in [3.8, 4) is 0 Å². The van der Waals surface area contributed by atoms with Crippen LogP contribution in [0.15, 0.2) is 26.8 Å². The number of thioether (sulfide) groups is 1. The second kappa shape index (κ2) is 3.81. The van der Waals surface area contributed by atoms with Crippen LogP contribution in [0.2, 0.25) is 0 Å². The van der Waals surface area contributed by atoms with E-state index in [0.717, 1.165) is 30.7 Å². The zero-order chi connectivity index (χ0) is 10.1. The Morgan fingerprint density at radius 1 is 1.21 bits per heavy atom. The highest BCUT2D eigenvalue weighted by Gasteiger charge is 2.24. The Morgan fingerprint density at radius 2 is 2.00 bits per heavy atom. The standard InChI is InChI=1S/C11H15NOS/c1-7-3-4-10-11(8(7)2)9(12-13)5-6-14-10/h13H,3-6H2,1-2H3/b12-9+. The van der Waals surface area contributed by atoms with E-state index in [9.17, 15) is 0 Å². The van der Waals surface area contributed by atoms with Gasteiger partial charge in [-0.05, 0) is 37.2 Å². The van der Waals surface area contributed by atoms with Crippen LogP contribution < -0.4 is 0 Å². The van der Waals surface area contributed by atoms with Gasteiger partial charge in [-0.1, -0.05) is 10.7 Å².